The Morgan fingerprint density at radius 1 is 0.950 bits per heavy atom. The van der Waals surface area contributed by atoms with Crippen LogP contribution in [-0.4, -0.2) is 15.3 Å². The van der Waals surface area contributed by atoms with E-state index >= 15 is 0 Å². The van der Waals surface area contributed by atoms with Gasteiger partial charge in [-0.2, -0.15) is 0 Å². The molecule has 0 aliphatic carbocycles. The number of benzene rings is 1. The molecule has 0 aliphatic heterocycles. The van der Waals surface area contributed by atoms with Crippen molar-refractivity contribution in [1.82, 2.24) is 15.3 Å². The van der Waals surface area contributed by atoms with Gasteiger partial charge in [-0.15, -0.1) is 0 Å². The summed E-state index contributed by atoms with van der Waals surface area (Å²) in [6, 6.07) is 12.0. The summed E-state index contributed by atoms with van der Waals surface area (Å²) in [6.45, 7) is 0. The van der Waals surface area contributed by atoms with Crippen LogP contribution in [0.25, 0.3) is 11.0 Å². The van der Waals surface area contributed by atoms with Gasteiger partial charge in [0.25, 0.3) is 0 Å². The van der Waals surface area contributed by atoms with Gasteiger partial charge in [0.15, 0.2) is 0 Å². The van der Waals surface area contributed by atoms with Gasteiger partial charge in [-0.1, -0.05) is 33.7 Å². The molecule has 0 spiro atoms. The van der Waals surface area contributed by atoms with Gasteiger partial charge in [0.05, 0.1) is 5.69 Å². The third-order valence-corrected chi connectivity index (χ3v) is 6.65. The molecule has 0 N–H and O–H groups in total. The molecule has 0 unspecified atom stereocenters. The third kappa shape index (κ3) is 3.68. The van der Waals surface area contributed by atoms with E-state index in [1.54, 1.807) is 20.6 Å². The first-order chi connectivity index (χ1) is 9.92. The predicted octanol–water partition coefficient (Wildman–Crippen LogP) is 4.35. The Hall–Kier alpha value is -1.18. The van der Waals surface area contributed by atoms with Crippen LogP contribution in [-0.2, 0) is 11.5 Å². The molecule has 0 saturated carbocycles. The van der Waals surface area contributed by atoms with E-state index in [4.69, 9.17) is 0 Å². The van der Waals surface area contributed by atoms with Gasteiger partial charge in [-0.05, 0) is 50.0 Å². The van der Waals surface area contributed by atoms with Crippen LogP contribution in [0, 0.1) is 0 Å². The van der Waals surface area contributed by atoms with Crippen molar-refractivity contribution in [3.8, 4) is 0 Å². The number of fused-ring (bicyclic) bond motifs is 1. The van der Waals surface area contributed by atoms with Crippen molar-refractivity contribution >= 4 is 42.4 Å². The molecule has 1 aromatic carbocycles. The zero-order valence-corrected chi connectivity index (χ0v) is 12.9. The highest BCUT2D eigenvalue weighted by Gasteiger charge is 2.02. The minimum absolute atomic E-state index is 0.802. The van der Waals surface area contributed by atoms with E-state index in [9.17, 15) is 0 Å². The summed E-state index contributed by atoms with van der Waals surface area (Å²) in [5.74, 6) is 1.85. The Kier molecular flexibility index (Phi) is 4.83. The smallest absolute Gasteiger partial charge is 0.135 e. The highest BCUT2D eigenvalue weighted by molar-refractivity contribution is 9.09. The summed E-state index contributed by atoms with van der Waals surface area (Å²) >= 11 is 0. The van der Waals surface area contributed by atoms with Gasteiger partial charge in [-0.3, -0.25) is 4.98 Å². The summed E-state index contributed by atoms with van der Waals surface area (Å²) in [4.78, 5) is 4.29. The highest BCUT2D eigenvalue weighted by atomic mass is 33.5. The standard InChI is InChI=1S/C13H11N3OS3/c1-2-6-14-11(3-1)9-19-20-18-8-10-4-5-12-13(7-10)16-17-15-12/h1-7H,8-9H2. The van der Waals surface area contributed by atoms with Crippen LogP contribution in [0.5, 0.6) is 0 Å². The van der Waals surface area contributed by atoms with E-state index in [0.717, 1.165) is 28.2 Å². The number of hydrogen-bond acceptors (Lipinski definition) is 7. The molecular formula is C13H11N3OS3. The van der Waals surface area contributed by atoms with E-state index in [2.05, 4.69) is 26.0 Å². The molecule has 0 bridgehead atoms. The maximum Gasteiger partial charge on any atom is 0.135 e. The molecule has 2 heterocycles. The Labute approximate surface area is 127 Å². The molecule has 2 aromatic heterocycles. The largest absolute Gasteiger partial charge is 0.260 e. The SMILES string of the molecule is c1ccc(CSSSCc2ccc3nonc3c2)nc1. The molecule has 7 heteroatoms. The fourth-order valence-electron chi connectivity index (χ4n) is 1.61. The quantitative estimate of drug-likeness (QED) is 0.494. The first kappa shape index (κ1) is 13.8. The fourth-order valence-corrected chi connectivity index (χ4v) is 5.12. The van der Waals surface area contributed by atoms with Crippen molar-refractivity contribution in [2.75, 3.05) is 0 Å². The van der Waals surface area contributed by atoms with Crippen LogP contribution in [0.1, 0.15) is 11.3 Å². The van der Waals surface area contributed by atoms with Gasteiger partial charge in [0.2, 0.25) is 0 Å². The number of aromatic nitrogens is 3. The van der Waals surface area contributed by atoms with Crippen LogP contribution < -0.4 is 0 Å². The minimum atomic E-state index is 0.802. The maximum absolute atomic E-state index is 4.69. The van der Waals surface area contributed by atoms with Gasteiger partial charge in [0, 0.05) is 17.7 Å². The molecule has 0 aliphatic rings. The van der Waals surface area contributed by atoms with Crippen molar-refractivity contribution < 1.29 is 4.63 Å². The van der Waals surface area contributed by atoms with E-state index in [-0.39, 0.29) is 0 Å². The number of rotatable bonds is 6. The first-order valence-corrected chi connectivity index (χ1v) is 9.76. The minimum Gasteiger partial charge on any atom is -0.260 e. The molecule has 0 radical (unpaired) electrons. The lowest BCUT2D eigenvalue weighted by molar-refractivity contribution is 0.315. The second kappa shape index (κ2) is 7.01. The Morgan fingerprint density at radius 3 is 2.75 bits per heavy atom. The zero-order valence-electron chi connectivity index (χ0n) is 10.4. The molecule has 0 atom stereocenters. The second-order valence-electron chi connectivity index (χ2n) is 4.00. The van der Waals surface area contributed by atoms with Crippen molar-refractivity contribution in [3.63, 3.8) is 0 Å². The predicted molar refractivity (Wildman–Crippen MR) is 86.2 cm³/mol. The number of nitrogens with zero attached hydrogens (tertiary/aromatic N) is 3. The molecule has 0 saturated heterocycles. The monoisotopic (exact) mass is 321 g/mol. The van der Waals surface area contributed by atoms with Gasteiger partial charge < -0.3 is 0 Å². The molecule has 0 amide bonds. The molecular weight excluding hydrogens is 310 g/mol. The van der Waals surface area contributed by atoms with Crippen molar-refractivity contribution in [2.24, 2.45) is 0 Å². The lowest BCUT2D eigenvalue weighted by Gasteiger charge is -2.01. The van der Waals surface area contributed by atoms with E-state index in [1.165, 1.54) is 5.56 Å². The summed E-state index contributed by atoms with van der Waals surface area (Å²) in [6.07, 6.45) is 1.83. The maximum atomic E-state index is 4.69. The normalized spacial score (nSPS) is 11.0. The average molecular weight is 321 g/mol. The summed E-state index contributed by atoms with van der Waals surface area (Å²) in [5, 5.41) is 7.64. The van der Waals surface area contributed by atoms with Crippen molar-refractivity contribution in [2.45, 2.75) is 11.5 Å². The van der Waals surface area contributed by atoms with Gasteiger partial charge in [0.1, 0.15) is 11.0 Å². The molecule has 3 rings (SSSR count). The van der Waals surface area contributed by atoms with Crippen LogP contribution in [0.3, 0.4) is 0 Å². The van der Waals surface area contributed by atoms with Gasteiger partial charge in [-0.25, -0.2) is 4.63 Å². The number of hydrogen-bond donors (Lipinski definition) is 0. The third-order valence-electron chi connectivity index (χ3n) is 2.57. The summed E-state index contributed by atoms with van der Waals surface area (Å²) < 4.78 is 4.69. The Bertz CT molecular complexity index is 675. The summed E-state index contributed by atoms with van der Waals surface area (Å²) in [7, 11) is 5.40. The van der Waals surface area contributed by atoms with Crippen molar-refractivity contribution in [3.05, 3.63) is 53.9 Å². The van der Waals surface area contributed by atoms with Crippen LogP contribution in [0.15, 0.2) is 47.2 Å². The second-order valence-corrected chi connectivity index (χ2v) is 8.23. The average Bonchev–Trinajstić information content (AvgIpc) is 2.95. The Morgan fingerprint density at radius 2 is 1.85 bits per heavy atom. The number of pyridine rings is 1. The van der Waals surface area contributed by atoms with Crippen molar-refractivity contribution in [1.29, 1.82) is 0 Å². The molecule has 4 nitrogen and oxygen atoms in total. The Balaban J connectivity index is 1.43. The molecule has 102 valence electrons. The van der Waals surface area contributed by atoms with Gasteiger partial charge >= 0.3 is 0 Å². The molecule has 3 aromatic rings. The van der Waals surface area contributed by atoms with Crippen LogP contribution in [0.4, 0.5) is 0 Å². The highest BCUT2D eigenvalue weighted by Crippen LogP contribution is 2.38. The summed E-state index contributed by atoms with van der Waals surface area (Å²) in [5.41, 5.74) is 3.95. The zero-order chi connectivity index (χ0) is 13.6. The van der Waals surface area contributed by atoms with E-state index in [0.29, 0.717) is 0 Å². The topological polar surface area (TPSA) is 51.8 Å². The molecule has 0 fully saturated rings. The lowest BCUT2D eigenvalue weighted by atomic mass is 10.2. The molecule has 20 heavy (non-hydrogen) atoms. The first-order valence-electron chi connectivity index (χ1n) is 5.94. The van der Waals surface area contributed by atoms with Crippen LogP contribution >= 0.6 is 31.4 Å². The van der Waals surface area contributed by atoms with E-state index in [1.807, 2.05) is 47.3 Å². The lowest BCUT2D eigenvalue weighted by Crippen LogP contribution is -1.82. The van der Waals surface area contributed by atoms with E-state index < -0.39 is 0 Å². The fraction of sp³-hybridized carbons (Fsp3) is 0.154. The van der Waals surface area contributed by atoms with Crippen LogP contribution in [0.2, 0.25) is 0 Å².